The Morgan fingerprint density at radius 1 is 1.06 bits per heavy atom. The number of hydrogen-bond donors (Lipinski definition) is 0. The molecule has 0 spiro atoms. The smallest absolute Gasteiger partial charge is 0.119 e. The molecule has 2 rings (SSSR count). The third-order valence-electron chi connectivity index (χ3n) is 3.26. The van der Waals surface area contributed by atoms with E-state index in [0.29, 0.717) is 13.2 Å². The van der Waals surface area contributed by atoms with Crippen LogP contribution < -0.4 is 4.74 Å². The van der Waals surface area contributed by atoms with Crippen LogP contribution in [-0.4, -0.2) is 24.1 Å². The minimum absolute atomic E-state index is 0.0695. The second kappa shape index (κ2) is 6.41. The zero-order valence-corrected chi connectivity index (χ0v) is 11.6. The van der Waals surface area contributed by atoms with E-state index in [0.717, 1.165) is 11.1 Å². The average molecular weight is 299 g/mol. The maximum atomic E-state index is 5.99. The lowest BCUT2D eigenvalue weighted by atomic mass is 10.1. The molecular formula is C14H19BrO2. The van der Waals surface area contributed by atoms with Crippen LogP contribution in [0.2, 0.25) is 0 Å². The highest BCUT2D eigenvalue weighted by Gasteiger charge is 2.33. The molecule has 0 aliphatic heterocycles. The fourth-order valence-corrected chi connectivity index (χ4v) is 2.99. The fourth-order valence-electron chi connectivity index (χ4n) is 2.27. The van der Waals surface area contributed by atoms with Gasteiger partial charge in [0, 0.05) is 5.33 Å². The van der Waals surface area contributed by atoms with Gasteiger partial charge in [-0.25, -0.2) is 0 Å². The van der Waals surface area contributed by atoms with Gasteiger partial charge in [-0.2, -0.15) is 0 Å². The Morgan fingerprint density at radius 3 is 2.41 bits per heavy atom. The van der Waals surface area contributed by atoms with Gasteiger partial charge in [0.05, 0.1) is 12.2 Å². The highest BCUT2D eigenvalue weighted by Crippen LogP contribution is 2.34. The lowest BCUT2D eigenvalue weighted by Gasteiger charge is -2.27. The van der Waals surface area contributed by atoms with Crippen molar-refractivity contribution < 1.29 is 9.47 Å². The topological polar surface area (TPSA) is 18.5 Å². The first-order valence-corrected chi connectivity index (χ1v) is 7.35. The molecule has 0 saturated heterocycles. The zero-order chi connectivity index (χ0) is 12.0. The molecule has 94 valence electrons. The standard InChI is InChI=1S/C14H19BrO2/c15-12-14(8-4-5-9-14)17-11-10-16-13-6-2-1-3-7-13/h1-3,6-7H,4-5,8-12H2. The van der Waals surface area contributed by atoms with Gasteiger partial charge in [-0.05, 0) is 25.0 Å². The number of benzene rings is 1. The Bertz CT molecular complexity index is 320. The van der Waals surface area contributed by atoms with Crippen LogP contribution in [0.4, 0.5) is 0 Å². The summed E-state index contributed by atoms with van der Waals surface area (Å²) in [6, 6.07) is 9.88. The zero-order valence-electron chi connectivity index (χ0n) is 10.0. The van der Waals surface area contributed by atoms with Crippen LogP contribution >= 0.6 is 15.9 Å². The quantitative estimate of drug-likeness (QED) is 0.588. The van der Waals surface area contributed by atoms with E-state index in [-0.39, 0.29) is 5.60 Å². The SMILES string of the molecule is BrCC1(OCCOc2ccccc2)CCCC1. The maximum Gasteiger partial charge on any atom is 0.119 e. The van der Waals surface area contributed by atoms with Crippen LogP contribution in [0.1, 0.15) is 25.7 Å². The molecule has 1 aliphatic rings. The summed E-state index contributed by atoms with van der Waals surface area (Å²) in [5.41, 5.74) is 0.0695. The van der Waals surface area contributed by atoms with E-state index in [4.69, 9.17) is 9.47 Å². The van der Waals surface area contributed by atoms with E-state index < -0.39 is 0 Å². The molecule has 1 saturated carbocycles. The number of hydrogen-bond acceptors (Lipinski definition) is 2. The van der Waals surface area contributed by atoms with E-state index in [1.54, 1.807) is 0 Å². The van der Waals surface area contributed by atoms with Crippen LogP contribution in [0.25, 0.3) is 0 Å². The minimum atomic E-state index is 0.0695. The van der Waals surface area contributed by atoms with Gasteiger partial charge in [-0.3, -0.25) is 0 Å². The molecule has 1 aromatic carbocycles. The Hall–Kier alpha value is -0.540. The molecule has 0 heterocycles. The molecule has 1 aromatic rings. The van der Waals surface area contributed by atoms with Gasteiger partial charge in [0.25, 0.3) is 0 Å². The Kier molecular flexibility index (Phi) is 4.86. The van der Waals surface area contributed by atoms with Gasteiger partial charge < -0.3 is 9.47 Å². The molecule has 0 atom stereocenters. The van der Waals surface area contributed by atoms with Crippen LogP contribution in [0, 0.1) is 0 Å². The number of alkyl halides is 1. The summed E-state index contributed by atoms with van der Waals surface area (Å²) in [5.74, 6) is 0.912. The molecule has 0 unspecified atom stereocenters. The molecule has 0 N–H and O–H groups in total. The second-order valence-corrected chi connectivity index (χ2v) is 5.09. The van der Waals surface area contributed by atoms with Crippen molar-refractivity contribution in [2.75, 3.05) is 18.5 Å². The molecule has 2 nitrogen and oxygen atoms in total. The van der Waals surface area contributed by atoms with E-state index in [1.807, 2.05) is 30.3 Å². The number of halogens is 1. The van der Waals surface area contributed by atoms with Crippen molar-refractivity contribution in [1.82, 2.24) is 0 Å². The largest absolute Gasteiger partial charge is 0.491 e. The Morgan fingerprint density at radius 2 is 1.76 bits per heavy atom. The number of para-hydroxylation sites is 1. The average Bonchev–Trinajstić information content (AvgIpc) is 2.85. The predicted octanol–water partition coefficient (Wildman–Crippen LogP) is 3.79. The van der Waals surface area contributed by atoms with E-state index in [1.165, 1.54) is 25.7 Å². The molecule has 0 amide bonds. The van der Waals surface area contributed by atoms with Crippen molar-refractivity contribution in [3.8, 4) is 5.75 Å². The van der Waals surface area contributed by atoms with Gasteiger partial charge in [-0.1, -0.05) is 47.0 Å². The van der Waals surface area contributed by atoms with Crippen LogP contribution in [0.3, 0.4) is 0 Å². The predicted molar refractivity (Wildman–Crippen MR) is 72.9 cm³/mol. The molecule has 0 bridgehead atoms. The molecule has 0 aromatic heterocycles. The summed E-state index contributed by atoms with van der Waals surface area (Å²) in [7, 11) is 0. The lowest BCUT2D eigenvalue weighted by molar-refractivity contribution is -0.0330. The molecule has 3 heteroatoms. The molecule has 1 aliphatic carbocycles. The van der Waals surface area contributed by atoms with E-state index >= 15 is 0 Å². The third kappa shape index (κ3) is 3.71. The Labute approximate surface area is 111 Å². The number of rotatable bonds is 6. The first-order chi connectivity index (χ1) is 8.35. The monoisotopic (exact) mass is 298 g/mol. The Balaban J connectivity index is 1.69. The highest BCUT2D eigenvalue weighted by atomic mass is 79.9. The van der Waals surface area contributed by atoms with Crippen molar-refractivity contribution in [2.45, 2.75) is 31.3 Å². The summed E-state index contributed by atoms with van der Waals surface area (Å²) in [6.45, 7) is 1.29. The van der Waals surface area contributed by atoms with Crippen LogP contribution in [-0.2, 0) is 4.74 Å². The molecule has 0 radical (unpaired) electrons. The normalized spacial score (nSPS) is 18.2. The van der Waals surface area contributed by atoms with Crippen molar-refractivity contribution in [3.05, 3.63) is 30.3 Å². The molecular weight excluding hydrogens is 280 g/mol. The van der Waals surface area contributed by atoms with Gasteiger partial charge in [0.1, 0.15) is 12.4 Å². The van der Waals surface area contributed by atoms with Gasteiger partial charge >= 0.3 is 0 Å². The lowest BCUT2D eigenvalue weighted by Crippen LogP contribution is -2.32. The van der Waals surface area contributed by atoms with Gasteiger partial charge in [-0.15, -0.1) is 0 Å². The van der Waals surface area contributed by atoms with Gasteiger partial charge in [0.2, 0.25) is 0 Å². The van der Waals surface area contributed by atoms with E-state index in [9.17, 15) is 0 Å². The first kappa shape index (κ1) is 12.9. The number of ether oxygens (including phenoxy) is 2. The summed E-state index contributed by atoms with van der Waals surface area (Å²) in [5, 5.41) is 0.936. The molecule has 17 heavy (non-hydrogen) atoms. The fraction of sp³-hybridized carbons (Fsp3) is 0.571. The van der Waals surface area contributed by atoms with Crippen molar-refractivity contribution in [2.24, 2.45) is 0 Å². The summed E-state index contributed by atoms with van der Waals surface area (Å²) in [4.78, 5) is 0. The molecule has 1 fully saturated rings. The van der Waals surface area contributed by atoms with Crippen LogP contribution in [0.15, 0.2) is 30.3 Å². The highest BCUT2D eigenvalue weighted by molar-refractivity contribution is 9.09. The summed E-state index contributed by atoms with van der Waals surface area (Å²) >= 11 is 3.56. The first-order valence-electron chi connectivity index (χ1n) is 6.22. The van der Waals surface area contributed by atoms with Crippen molar-refractivity contribution >= 4 is 15.9 Å². The second-order valence-electron chi connectivity index (χ2n) is 4.53. The summed E-state index contributed by atoms with van der Waals surface area (Å²) in [6.07, 6.45) is 4.91. The van der Waals surface area contributed by atoms with Crippen molar-refractivity contribution in [3.63, 3.8) is 0 Å². The van der Waals surface area contributed by atoms with Gasteiger partial charge in [0.15, 0.2) is 0 Å². The maximum absolute atomic E-state index is 5.99. The summed E-state index contributed by atoms with van der Waals surface area (Å²) < 4.78 is 11.6. The van der Waals surface area contributed by atoms with Crippen molar-refractivity contribution in [1.29, 1.82) is 0 Å². The third-order valence-corrected chi connectivity index (χ3v) is 4.28. The minimum Gasteiger partial charge on any atom is -0.491 e. The van der Waals surface area contributed by atoms with Crippen LogP contribution in [0.5, 0.6) is 5.75 Å². The van der Waals surface area contributed by atoms with E-state index in [2.05, 4.69) is 15.9 Å².